The van der Waals surface area contributed by atoms with Crippen molar-refractivity contribution < 1.29 is 14.2 Å². The molecule has 144 valence electrons. The van der Waals surface area contributed by atoms with Gasteiger partial charge in [-0.05, 0) is 44.1 Å². The van der Waals surface area contributed by atoms with E-state index in [1.807, 2.05) is 6.07 Å². The van der Waals surface area contributed by atoms with E-state index in [2.05, 4.69) is 20.2 Å². The predicted octanol–water partition coefficient (Wildman–Crippen LogP) is 2.46. The lowest BCUT2D eigenvalue weighted by molar-refractivity contribution is 0.00357. The number of aliphatic hydroxyl groups is 1. The number of nitrogens with one attached hydrogen (secondary N) is 1. The molecular weight excluding hydrogens is 347 g/mol. The van der Waals surface area contributed by atoms with Gasteiger partial charge in [0.15, 0.2) is 0 Å². The first-order valence-electron chi connectivity index (χ1n) is 9.57. The van der Waals surface area contributed by atoms with Crippen molar-refractivity contribution in [2.75, 3.05) is 18.4 Å². The molecule has 0 radical (unpaired) electrons. The number of benzene rings is 1. The third-order valence-corrected chi connectivity index (χ3v) is 5.44. The molecule has 2 aromatic rings. The molecule has 4 rings (SSSR count). The molecule has 1 aliphatic heterocycles. The zero-order valence-corrected chi connectivity index (χ0v) is 15.2. The summed E-state index contributed by atoms with van der Waals surface area (Å²) in [4.78, 5) is 10.6. The Hall–Kier alpha value is -2.25. The Bertz CT molecular complexity index is 742. The summed E-state index contributed by atoms with van der Waals surface area (Å²) in [5, 5.41) is 14.5. The lowest BCUT2D eigenvalue weighted by Gasteiger charge is -2.37. The van der Waals surface area contributed by atoms with Crippen molar-refractivity contribution in [3.63, 3.8) is 0 Å². The molecule has 1 aliphatic carbocycles. The van der Waals surface area contributed by atoms with Crippen LogP contribution in [0.3, 0.4) is 0 Å². The largest absolute Gasteiger partial charge is 0.487 e. The first kappa shape index (κ1) is 18.1. The van der Waals surface area contributed by atoms with Crippen molar-refractivity contribution in [3.05, 3.63) is 48.7 Å². The molecule has 2 heterocycles. The zero-order chi connectivity index (χ0) is 18.6. The molecule has 0 unspecified atom stereocenters. The molecular formula is C20H25FN4O2. The fraction of sp³-hybridized carbons (Fsp3) is 0.500. The summed E-state index contributed by atoms with van der Waals surface area (Å²) in [7, 11) is 0. The van der Waals surface area contributed by atoms with E-state index >= 15 is 0 Å². The van der Waals surface area contributed by atoms with Crippen molar-refractivity contribution >= 4 is 5.82 Å². The lowest BCUT2D eigenvalue weighted by atomic mass is 10.0. The van der Waals surface area contributed by atoms with Crippen molar-refractivity contribution in [1.82, 2.24) is 14.9 Å². The third-order valence-electron chi connectivity index (χ3n) is 5.44. The highest BCUT2D eigenvalue weighted by Crippen LogP contribution is 2.32. The number of hydrogen-bond donors (Lipinski definition) is 2. The summed E-state index contributed by atoms with van der Waals surface area (Å²) in [5.74, 6) is 0.831. The molecule has 1 aromatic carbocycles. The number of aliphatic hydroxyl groups excluding tert-OH is 1. The molecule has 0 spiro atoms. The van der Waals surface area contributed by atoms with Crippen LogP contribution in [-0.2, 0) is 0 Å². The number of anilines is 1. The van der Waals surface area contributed by atoms with Crippen LogP contribution in [0.1, 0.15) is 25.7 Å². The van der Waals surface area contributed by atoms with Crippen molar-refractivity contribution in [2.24, 2.45) is 0 Å². The van der Waals surface area contributed by atoms with E-state index in [4.69, 9.17) is 4.74 Å². The Morgan fingerprint density at radius 2 is 2.04 bits per heavy atom. The minimum Gasteiger partial charge on any atom is -0.487 e. The van der Waals surface area contributed by atoms with E-state index in [9.17, 15) is 9.50 Å². The fourth-order valence-corrected chi connectivity index (χ4v) is 4.22. The normalized spacial score (nSPS) is 28.8. The quantitative estimate of drug-likeness (QED) is 0.840. The van der Waals surface area contributed by atoms with Gasteiger partial charge in [0.05, 0.1) is 6.04 Å². The predicted molar refractivity (Wildman–Crippen MR) is 100 cm³/mol. The molecule has 2 fully saturated rings. The molecule has 1 saturated carbocycles. The van der Waals surface area contributed by atoms with Gasteiger partial charge in [0.2, 0.25) is 0 Å². The second-order valence-electron chi connectivity index (χ2n) is 7.27. The van der Waals surface area contributed by atoms with E-state index in [-0.39, 0.29) is 17.9 Å². The van der Waals surface area contributed by atoms with Crippen LogP contribution in [0.4, 0.5) is 10.2 Å². The summed E-state index contributed by atoms with van der Waals surface area (Å²) in [6, 6.07) is 7.81. The zero-order valence-electron chi connectivity index (χ0n) is 15.2. The Balaban J connectivity index is 1.53. The van der Waals surface area contributed by atoms with E-state index in [0.29, 0.717) is 12.2 Å². The van der Waals surface area contributed by atoms with Crippen LogP contribution in [0.15, 0.2) is 42.9 Å². The molecule has 2 N–H and O–H groups in total. The van der Waals surface area contributed by atoms with Crippen molar-refractivity contribution in [2.45, 2.75) is 50.0 Å². The Morgan fingerprint density at radius 1 is 1.19 bits per heavy atom. The highest BCUT2D eigenvalue weighted by molar-refractivity contribution is 5.35. The van der Waals surface area contributed by atoms with Crippen LogP contribution in [0, 0.1) is 5.82 Å². The van der Waals surface area contributed by atoms with Gasteiger partial charge in [-0.2, -0.15) is 0 Å². The summed E-state index contributed by atoms with van der Waals surface area (Å²) in [6.45, 7) is 1.94. The topological polar surface area (TPSA) is 70.5 Å². The Kier molecular flexibility index (Phi) is 5.50. The average molecular weight is 372 g/mol. The van der Waals surface area contributed by atoms with Gasteiger partial charge in [-0.15, -0.1) is 0 Å². The maximum Gasteiger partial charge on any atom is 0.129 e. The molecule has 0 bridgehead atoms. The molecule has 7 heteroatoms. The maximum atomic E-state index is 13.5. The first-order valence-corrected chi connectivity index (χ1v) is 9.57. The molecule has 2 aliphatic rings. The number of likely N-dealkylation sites (tertiary alicyclic amines) is 1. The highest BCUT2D eigenvalue weighted by Gasteiger charge is 2.47. The van der Waals surface area contributed by atoms with Gasteiger partial charge in [-0.25, -0.2) is 14.4 Å². The van der Waals surface area contributed by atoms with Gasteiger partial charge in [-0.1, -0.05) is 12.5 Å². The van der Waals surface area contributed by atoms with Gasteiger partial charge in [0.25, 0.3) is 0 Å². The summed E-state index contributed by atoms with van der Waals surface area (Å²) >= 11 is 0. The van der Waals surface area contributed by atoms with E-state index in [1.54, 1.807) is 18.3 Å². The van der Waals surface area contributed by atoms with Crippen LogP contribution < -0.4 is 10.1 Å². The molecule has 0 amide bonds. The molecule has 6 nitrogen and oxygen atoms in total. The Morgan fingerprint density at radius 3 is 2.78 bits per heavy atom. The van der Waals surface area contributed by atoms with Crippen molar-refractivity contribution in [3.8, 4) is 5.75 Å². The van der Waals surface area contributed by atoms with E-state index in [1.165, 1.54) is 24.9 Å². The molecule has 1 saturated heterocycles. The molecule has 27 heavy (non-hydrogen) atoms. The maximum absolute atomic E-state index is 13.5. The standard InChI is InChI=1S/C20H25FN4O2/c21-14-5-4-6-15(11-14)27-17-12-16(24-18-7-8-22-13-23-18)19(20(17)26)25-9-2-1-3-10-25/h4-8,11,13,16-17,19-20,26H,1-3,9-10,12H2,(H,22,23,24)/t16-,17-,19+,20+/m1/s1. The van der Waals surface area contributed by atoms with Gasteiger partial charge >= 0.3 is 0 Å². The van der Waals surface area contributed by atoms with Gasteiger partial charge in [-0.3, -0.25) is 4.90 Å². The van der Waals surface area contributed by atoms with Crippen LogP contribution in [0.5, 0.6) is 5.75 Å². The van der Waals surface area contributed by atoms with Crippen LogP contribution in [-0.4, -0.2) is 57.4 Å². The average Bonchev–Trinajstić information content (AvgIpc) is 2.98. The number of aromatic nitrogens is 2. The second-order valence-corrected chi connectivity index (χ2v) is 7.27. The fourth-order valence-electron chi connectivity index (χ4n) is 4.22. The smallest absolute Gasteiger partial charge is 0.129 e. The van der Waals surface area contributed by atoms with Crippen molar-refractivity contribution in [1.29, 1.82) is 0 Å². The van der Waals surface area contributed by atoms with Crippen LogP contribution in [0.2, 0.25) is 0 Å². The van der Waals surface area contributed by atoms with Gasteiger partial charge in [0, 0.05) is 24.7 Å². The number of ether oxygens (including phenoxy) is 1. The minimum absolute atomic E-state index is 0.00782. The van der Waals surface area contributed by atoms with Gasteiger partial charge in [0.1, 0.15) is 35.9 Å². The number of halogens is 1. The first-order chi connectivity index (χ1) is 13.2. The van der Waals surface area contributed by atoms with Gasteiger partial charge < -0.3 is 15.2 Å². The highest BCUT2D eigenvalue weighted by atomic mass is 19.1. The molecule has 1 aromatic heterocycles. The summed E-state index contributed by atoms with van der Waals surface area (Å²) in [5.41, 5.74) is 0. The second kappa shape index (κ2) is 8.19. The summed E-state index contributed by atoms with van der Waals surface area (Å²) < 4.78 is 19.5. The molecule has 4 atom stereocenters. The van der Waals surface area contributed by atoms with Crippen LogP contribution >= 0.6 is 0 Å². The number of rotatable bonds is 5. The van der Waals surface area contributed by atoms with E-state index < -0.39 is 12.2 Å². The SMILES string of the molecule is O[C@@H]1[C@@H](N2CCCCC2)[C@H](Nc2ccncn2)C[C@H]1Oc1cccc(F)c1. The number of piperidine rings is 1. The third kappa shape index (κ3) is 4.20. The monoisotopic (exact) mass is 372 g/mol. The Labute approximate surface area is 158 Å². The number of hydrogen-bond acceptors (Lipinski definition) is 6. The number of nitrogens with zero attached hydrogens (tertiary/aromatic N) is 3. The van der Waals surface area contributed by atoms with Crippen LogP contribution in [0.25, 0.3) is 0 Å². The minimum atomic E-state index is -0.661. The summed E-state index contributed by atoms with van der Waals surface area (Å²) in [6.07, 6.45) is 6.25. The van der Waals surface area contributed by atoms with E-state index in [0.717, 1.165) is 31.7 Å². The lowest BCUT2D eigenvalue weighted by Crippen LogP contribution is -2.52.